The quantitative estimate of drug-likeness (QED) is 0.580. The summed E-state index contributed by atoms with van der Waals surface area (Å²) in [5.74, 6) is 0.0516. The van der Waals surface area contributed by atoms with E-state index < -0.39 is 0 Å². The van der Waals surface area contributed by atoms with E-state index in [1.165, 1.54) is 21.1 Å². The van der Waals surface area contributed by atoms with Gasteiger partial charge in [-0.2, -0.15) is 0 Å². The predicted molar refractivity (Wildman–Crippen MR) is 114 cm³/mol. The highest BCUT2D eigenvalue weighted by atomic mass is 32.2. The molecule has 0 saturated heterocycles. The van der Waals surface area contributed by atoms with Gasteiger partial charge in [0.2, 0.25) is 0 Å². The maximum atomic E-state index is 13.1. The molecule has 1 amide bonds. The second-order valence-corrected chi connectivity index (χ2v) is 8.81. The van der Waals surface area contributed by atoms with E-state index >= 15 is 0 Å². The SMILES string of the molecule is CC[NH+](CC)CCN(C(=O)c1cccs1)c1nc2ccc(SC)cc2s1. The first-order chi connectivity index (χ1) is 12.7. The average molecular weight is 407 g/mol. The molecule has 7 heteroatoms. The average Bonchev–Trinajstić information content (AvgIpc) is 3.33. The van der Waals surface area contributed by atoms with E-state index in [0.717, 1.165) is 39.9 Å². The Kier molecular flexibility index (Phi) is 6.69. The van der Waals surface area contributed by atoms with Gasteiger partial charge in [-0.1, -0.05) is 17.4 Å². The summed E-state index contributed by atoms with van der Waals surface area (Å²) < 4.78 is 1.13. The number of hydrogen-bond donors (Lipinski definition) is 1. The highest BCUT2D eigenvalue weighted by Gasteiger charge is 2.23. The Bertz CT molecular complexity index is 856. The molecule has 138 valence electrons. The number of carbonyl (C=O) groups excluding carboxylic acids is 1. The molecular formula is C19H24N3OS3+. The van der Waals surface area contributed by atoms with Crippen molar-refractivity contribution in [3.8, 4) is 0 Å². The number of likely N-dealkylation sites (N-methyl/N-ethyl adjacent to an activating group) is 1. The van der Waals surface area contributed by atoms with E-state index in [0.29, 0.717) is 6.54 Å². The summed E-state index contributed by atoms with van der Waals surface area (Å²) in [6.07, 6.45) is 2.07. The molecule has 3 aromatic rings. The molecule has 1 aromatic carbocycles. The fourth-order valence-corrected chi connectivity index (χ4v) is 5.04. The number of rotatable bonds is 8. The van der Waals surface area contributed by atoms with Crippen LogP contribution in [0.15, 0.2) is 40.6 Å². The molecule has 3 rings (SSSR count). The van der Waals surface area contributed by atoms with Crippen LogP contribution in [-0.4, -0.2) is 43.3 Å². The first-order valence-electron chi connectivity index (χ1n) is 8.79. The van der Waals surface area contributed by atoms with Crippen LogP contribution < -0.4 is 9.80 Å². The summed E-state index contributed by atoms with van der Waals surface area (Å²) in [6, 6.07) is 10.1. The number of thioether (sulfide) groups is 1. The van der Waals surface area contributed by atoms with Gasteiger partial charge in [-0.05, 0) is 49.7 Å². The Morgan fingerprint density at radius 2 is 2.08 bits per heavy atom. The van der Waals surface area contributed by atoms with Crippen molar-refractivity contribution in [1.82, 2.24) is 4.98 Å². The van der Waals surface area contributed by atoms with Gasteiger partial charge in [0.05, 0.1) is 41.3 Å². The molecule has 2 heterocycles. The third-order valence-electron chi connectivity index (χ3n) is 4.48. The lowest BCUT2D eigenvalue weighted by Crippen LogP contribution is -3.12. The molecule has 0 atom stereocenters. The molecule has 0 aliphatic heterocycles. The highest BCUT2D eigenvalue weighted by Crippen LogP contribution is 2.32. The highest BCUT2D eigenvalue weighted by molar-refractivity contribution is 7.98. The van der Waals surface area contributed by atoms with E-state index in [2.05, 4.69) is 32.2 Å². The topological polar surface area (TPSA) is 37.6 Å². The molecule has 0 spiro atoms. The van der Waals surface area contributed by atoms with Crippen LogP contribution >= 0.6 is 34.4 Å². The molecule has 4 nitrogen and oxygen atoms in total. The van der Waals surface area contributed by atoms with Crippen molar-refractivity contribution in [2.24, 2.45) is 0 Å². The summed E-state index contributed by atoms with van der Waals surface area (Å²) in [5.41, 5.74) is 0.960. The maximum absolute atomic E-state index is 13.1. The van der Waals surface area contributed by atoms with Crippen molar-refractivity contribution in [1.29, 1.82) is 0 Å². The Morgan fingerprint density at radius 3 is 2.73 bits per heavy atom. The molecular weight excluding hydrogens is 382 g/mol. The molecule has 0 saturated carbocycles. The third-order valence-corrected chi connectivity index (χ3v) is 7.11. The smallest absolute Gasteiger partial charge is 0.270 e. The second-order valence-electron chi connectivity index (χ2n) is 5.97. The number of fused-ring (bicyclic) bond motifs is 1. The van der Waals surface area contributed by atoms with E-state index in [4.69, 9.17) is 4.98 Å². The molecule has 0 fully saturated rings. The molecule has 2 aromatic heterocycles. The molecule has 26 heavy (non-hydrogen) atoms. The van der Waals surface area contributed by atoms with Gasteiger partial charge >= 0.3 is 0 Å². The Labute approximate surface area is 166 Å². The Hall–Kier alpha value is -1.41. The van der Waals surface area contributed by atoms with Gasteiger partial charge in [0.15, 0.2) is 5.13 Å². The van der Waals surface area contributed by atoms with Crippen molar-refractivity contribution in [2.45, 2.75) is 18.7 Å². The number of quaternary nitrogens is 1. The first kappa shape index (κ1) is 19.4. The van der Waals surface area contributed by atoms with E-state index in [9.17, 15) is 4.79 Å². The zero-order chi connectivity index (χ0) is 18.5. The summed E-state index contributed by atoms with van der Waals surface area (Å²) in [4.78, 5) is 23.2. The van der Waals surface area contributed by atoms with Crippen LogP contribution in [-0.2, 0) is 0 Å². The monoisotopic (exact) mass is 406 g/mol. The van der Waals surface area contributed by atoms with Crippen molar-refractivity contribution in [2.75, 3.05) is 37.3 Å². The number of anilines is 1. The first-order valence-corrected chi connectivity index (χ1v) is 11.7. The molecule has 0 radical (unpaired) electrons. The minimum Gasteiger partial charge on any atom is -0.334 e. The van der Waals surface area contributed by atoms with Gasteiger partial charge in [0, 0.05) is 4.90 Å². The summed E-state index contributed by atoms with van der Waals surface area (Å²) in [7, 11) is 0. The van der Waals surface area contributed by atoms with Crippen molar-refractivity contribution in [3.05, 3.63) is 40.6 Å². The number of nitrogens with one attached hydrogen (secondary N) is 1. The fourth-order valence-electron chi connectivity index (χ4n) is 2.83. The van der Waals surface area contributed by atoms with Gasteiger partial charge in [-0.15, -0.1) is 23.1 Å². The normalized spacial score (nSPS) is 11.4. The minimum absolute atomic E-state index is 0.0516. The second kappa shape index (κ2) is 8.99. The Morgan fingerprint density at radius 1 is 1.27 bits per heavy atom. The van der Waals surface area contributed by atoms with Crippen LogP contribution in [0.1, 0.15) is 23.5 Å². The summed E-state index contributed by atoms with van der Waals surface area (Å²) >= 11 is 4.81. The fraction of sp³-hybridized carbons (Fsp3) is 0.368. The number of carbonyl (C=O) groups is 1. The van der Waals surface area contributed by atoms with E-state index in [1.54, 1.807) is 23.1 Å². The predicted octanol–water partition coefficient (Wildman–Crippen LogP) is 3.65. The zero-order valence-electron chi connectivity index (χ0n) is 15.3. The van der Waals surface area contributed by atoms with Crippen molar-refractivity contribution < 1.29 is 9.69 Å². The number of amides is 1. The van der Waals surface area contributed by atoms with Crippen molar-refractivity contribution >= 4 is 55.7 Å². The van der Waals surface area contributed by atoms with Crippen LogP contribution in [0.3, 0.4) is 0 Å². The lowest BCUT2D eigenvalue weighted by atomic mass is 10.3. The van der Waals surface area contributed by atoms with E-state index in [-0.39, 0.29) is 5.91 Å². The Balaban J connectivity index is 1.92. The van der Waals surface area contributed by atoms with Crippen LogP contribution in [0.5, 0.6) is 0 Å². The standard InChI is InChI=1S/C19H23N3OS3/c1-4-21(5-2)10-11-22(18(23)16-7-6-12-25-16)19-20-15-9-8-14(24-3)13-17(15)26-19/h6-9,12-13H,4-5,10-11H2,1-3H3/p+1. The summed E-state index contributed by atoms with van der Waals surface area (Å²) in [6.45, 7) is 8.11. The van der Waals surface area contributed by atoms with Crippen LogP contribution in [0.4, 0.5) is 5.13 Å². The largest absolute Gasteiger partial charge is 0.334 e. The number of thiazole rings is 1. The minimum atomic E-state index is 0.0516. The van der Waals surface area contributed by atoms with Gasteiger partial charge in [-0.3, -0.25) is 9.69 Å². The van der Waals surface area contributed by atoms with Crippen LogP contribution in [0.25, 0.3) is 10.2 Å². The van der Waals surface area contributed by atoms with Gasteiger partial charge in [0.25, 0.3) is 5.91 Å². The third kappa shape index (κ3) is 4.28. The lowest BCUT2D eigenvalue weighted by molar-refractivity contribution is -0.894. The molecule has 0 bridgehead atoms. The number of hydrogen-bond acceptors (Lipinski definition) is 5. The number of aromatic nitrogens is 1. The number of thiophene rings is 1. The molecule has 1 N–H and O–H groups in total. The molecule has 0 aliphatic carbocycles. The van der Waals surface area contributed by atoms with Gasteiger partial charge < -0.3 is 4.90 Å². The lowest BCUT2D eigenvalue weighted by Gasteiger charge is -2.22. The molecule has 0 aliphatic rings. The van der Waals surface area contributed by atoms with Crippen LogP contribution in [0.2, 0.25) is 0 Å². The molecule has 0 unspecified atom stereocenters. The number of benzene rings is 1. The maximum Gasteiger partial charge on any atom is 0.270 e. The van der Waals surface area contributed by atoms with Gasteiger partial charge in [0.1, 0.15) is 0 Å². The van der Waals surface area contributed by atoms with Crippen molar-refractivity contribution in [3.63, 3.8) is 0 Å². The number of nitrogens with zero attached hydrogens (tertiary/aromatic N) is 2. The summed E-state index contributed by atoms with van der Waals surface area (Å²) in [5, 5.41) is 2.74. The zero-order valence-corrected chi connectivity index (χ0v) is 17.8. The van der Waals surface area contributed by atoms with E-state index in [1.807, 2.05) is 28.5 Å². The van der Waals surface area contributed by atoms with Gasteiger partial charge in [-0.25, -0.2) is 4.98 Å². The van der Waals surface area contributed by atoms with Crippen LogP contribution in [0, 0.1) is 0 Å².